The fourth-order valence-electron chi connectivity index (χ4n) is 4.95. The first kappa shape index (κ1) is 23.9. The Morgan fingerprint density at radius 1 is 1.03 bits per heavy atom. The van der Waals surface area contributed by atoms with Gasteiger partial charge in [0.1, 0.15) is 5.75 Å². The van der Waals surface area contributed by atoms with Crippen molar-refractivity contribution in [3.63, 3.8) is 0 Å². The second kappa shape index (κ2) is 9.95. The summed E-state index contributed by atoms with van der Waals surface area (Å²) in [5.41, 5.74) is 2.85. The maximum atomic E-state index is 13.2. The number of aromatic nitrogens is 1. The Labute approximate surface area is 197 Å². The van der Waals surface area contributed by atoms with Gasteiger partial charge in [-0.1, -0.05) is 42.5 Å². The van der Waals surface area contributed by atoms with E-state index in [2.05, 4.69) is 39.3 Å². The third-order valence-electron chi connectivity index (χ3n) is 6.69. The normalized spacial score (nSPS) is 19.4. The molecule has 0 bridgehead atoms. The smallest absolute Gasteiger partial charge is 0.405 e. The van der Waals surface area contributed by atoms with Crippen molar-refractivity contribution >= 4 is 5.91 Å². The molecule has 0 radical (unpaired) electrons. The summed E-state index contributed by atoms with van der Waals surface area (Å²) in [4.78, 5) is 16.2. The van der Waals surface area contributed by atoms with Crippen LogP contribution < -0.4 is 10.1 Å². The van der Waals surface area contributed by atoms with Gasteiger partial charge in [-0.05, 0) is 75.1 Å². The Kier molecular flexibility index (Phi) is 7.00. The maximum absolute atomic E-state index is 13.2. The van der Waals surface area contributed by atoms with Crippen LogP contribution in [0.2, 0.25) is 0 Å². The van der Waals surface area contributed by atoms with Crippen molar-refractivity contribution < 1.29 is 22.7 Å². The van der Waals surface area contributed by atoms with E-state index < -0.39 is 6.36 Å². The molecule has 2 N–H and O–H groups in total. The molecule has 1 fully saturated rings. The summed E-state index contributed by atoms with van der Waals surface area (Å²) in [6.45, 7) is 3.77. The lowest BCUT2D eigenvalue weighted by Gasteiger charge is -2.33. The van der Waals surface area contributed by atoms with Gasteiger partial charge in [-0.15, -0.1) is 13.2 Å². The minimum atomic E-state index is -4.83. The maximum Gasteiger partial charge on any atom is 0.573 e. The lowest BCUT2D eigenvalue weighted by Crippen LogP contribution is -2.39. The van der Waals surface area contributed by atoms with Crippen LogP contribution in [0.1, 0.15) is 60.1 Å². The molecule has 1 amide bonds. The number of para-hydroxylation sites is 1. The van der Waals surface area contributed by atoms with Crippen molar-refractivity contribution in [3.8, 4) is 17.0 Å². The number of H-pyrrole nitrogens is 1. The van der Waals surface area contributed by atoms with Gasteiger partial charge in [0.05, 0.1) is 11.3 Å². The molecule has 1 atom stereocenters. The van der Waals surface area contributed by atoms with E-state index in [9.17, 15) is 18.0 Å². The SMILES string of the molecule is Cc1cc(C(=O)NC(C)C2CCC(c3ccccc3)CC2)c(-c2ccccc2OC(F)(F)F)[nH]1. The van der Waals surface area contributed by atoms with E-state index >= 15 is 0 Å². The van der Waals surface area contributed by atoms with Crippen molar-refractivity contribution in [1.82, 2.24) is 10.3 Å². The average molecular weight is 471 g/mol. The van der Waals surface area contributed by atoms with Crippen molar-refractivity contribution in [2.45, 2.75) is 57.9 Å². The lowest BCUT2D eigenvalue weighted by atomic mass is 9.76. The van der Waals surface area contributed by atoms with Crippen molar-refractivity contribution in [1.29, 1.82) is 0 Å². The van der Waals surface area contributed by atoms with Crippen LogP contribution in [0.25, 0.3) is 11.3 Å². The monoisotopic (exact) mass is 470 g/mol. The number of hydrogen-bond acceptors (Lipinski definition) is 2. The molecule has 3 aromatic rings. The van der Waals surface area contributed by atoms with E-state index in [4.69, 9.17) is 0 Å². The fourth-order valence-corrected chi connectivity index (χ4v) is 4.95. The summed E-state index contributed by atoms with van der Waals surface area (Å²) in [6, 6.07) is 18.0. The number of benzene rings is 2. The number of nitrogens with one attached hydrogen (secondary N) is 2. The van der Waals surface area contributed by atoms with Crippen LogP contribution in [0.4, 0.5) is 13.2 Å². The number of hydrogen-bond donors (Lipinski definition) is 2. The van der Waals surface area contributed by atoms with E-state index in [1.807, 2.05) is 13.0 Å². The van der Waals surface area contributed by atoms with Gasteiger partial charge in [-0.3, -0.25) is 4.79 Å². The second-order valence-electron chi connectivity index (χ2n) is 9.07. The molecule has 0 aliphatic heterocycles. The second-order valence-corrected chi connectivity index (χ2v) is 9.07. The van der Waals surface area contributed by atoms with E-state index in [1.165, 1.54) is 23.8 Å². The molecule has 1 unspecified atom stereocenters. The third-order valence-corrected chi connectivity index (χ3v) is 6.69. The van der Waals surface area contributed by atoms with E-state index in [0.717, 1.165) is 25.7 Å². The summed E-state index contributed by atoms with van der Waals surface area (Å²) in [7, 11) is 0. The van der Waals surface area contributed by atoms with Crippen LogP contribution in [0, 0.1) is 12.8 Å². The lowest BCUT2D eigenvalue weighted by molar-refractivity contribution is -0.274. The van der Waals surface area contributed by atoms with E-state index in [-0.39, 0.29) is 23.3 Å². The number of alkyl halides is 3. The zero-order valence-corrected chi connectivity index (χ0v) is 19.3. The Balaban J connectivity index is 1.46. The molecule has 1 aliphatic carbocycles. The highest BCUT2D eigenvalue weighted by molar-refractivity contribution is 6.01. The fraction of sp³-hybridized carbons (Fsp3) is 0.370. The molecule has 34 heavy (non-hydrogen) atoms. The molecule has 0 spiro atoms. The molecule has 1 aliphatic rings. The predicted molar refractivity (Wildman–Crippen MR) is 126 cm³/mol. The van der Waals surface area contributed by atoms with Crippen LogP contribution in [0.15, 0.2) is 60.7 Å². The highest BCUT2D eigenvalue weighted by atomic mass is 19.4. The van der Waals surface area contributed by atoms with Crippen LogP contribution >= 0.6 is 0 Å². The summed E-state index contributed by atoms with van der Waals surface area (Å²) in [5, 5.41) is 3.09. The Morgan fingerprint density at radius 2 is 1.68 bits per heavy atom. The molecule has 1 aromatic heterocycles. The van der Waals surface area contributed by atoms with Crippen molar-refractivity contribution in [2.75, 3.05) is 0 Å². The molecule has 0 saturated heterocycles. The Bertz CT molecular complexity index is 1120. The molecule has 1 heterocycles. The van der Waals surface area contributed by atoms with Crippen LogP contribution in [0.5, 0.6) is 5.75 Å². The van der Waals surface area contributed by atoms with Crippen molar-refractivity contribution in [3.05, 3.63) is 77.5 Å². The first-order valence-electron chi connectivity index (χ1n) is 11.6. The largest absolute Gasteiger partial charge is 0.573 e. The molecular weight excluding hydrogens is 441 g/mol. The first-order chi connectivity index (χ1) is 16.2. The molecular formula is C27H29F3N2O2. The quantitative estimate of drug-likeness (QED) is 0.408. The number of halogens is 3. The number of rotatable bonds is 6. The minimum Gasteiger partial charge on any atom is -0.405 e. The number of amides is 1. The van der Waals surface area contributed by atoms with E-state index in [1.54, 1.807) is 19.1 Å². The Hall–Kier alpha value is -3.22. The predicted octanol–water partition coefficient (Wildman–Crippen LogP) is 6.98. The summed E-state index contributed by atoms with van der Waals surface area (Å²) in [6.07, 6.45) is -0.644. The zero-order chi connectivity index (χ0) is 24.3. The summed E-state index contributed by atoms with van der Waals surface area (Å²) < 4.78 is 42.9. The summed E-state index contributed by atoms with van der Waals surface area (Å²) in [5.74, 6) is 0.245. The number of aromatic amines is 1. The van der Waals surface area contributed by atoms with Crippen LogP contribution in [-0.4, -0.2) is 23.3 Å². The minimum absolute atomic E-state index is 0.0473. The van der Waals surface area contributed by atoms with Crippen LogP contribution in [-0.2, 0) is 0 Å². The van der Waals surface area contributed by atoms with Crippen molar-refractivity contribution in [2.24, 2.45) is 5.92 Å². The number of carbonyl (C=O) groups is 1. The van der Waals surface area contributed by atoms with Gasteiger partial charge in [-0.25, -0.2) is 0 Å². The summed E-state index contributed by atoms with van der Waals surface area (Å²) >= 11 is 0. The van der Waals surface area contributed by atoms with Gasteiger partial charge in [0, 0.05) is 17.3 Å². The van der Waals surface area contributed by atoms with Gasteiger partial charge < -0.3 is 15.0 Å². The van der Waals surface area contributed by atoms with Gasteiger partial charge in [-0.2, -0.15) is 0 Å². The number of aryl methyl sites for hydroxylation is 1. The highest BCUT2D eigenvalue weighted by Gasteiger charge is 2.33. The molecule has 7 heteroatoms. The van der Waals surface area contributed by atoms with Gasteiger partial charge in [0.2, 0.25) is 0 Å². The standard InChI is InChI=1S/C27H29F3N2O2/c1-17-16-23(25(31-17)22-10-6-7-11-24(22)34-27(28,29)30)26(33)32-18(2)19-12-14-21(15-13-19)20-8-4-3-5-9-20/h3-11,16,18-19,21,31H,12-15H2,1-2H3,(H,32,33). The molecule has 2 aromatic carbocycles. The van der Waals surface area contributed by atoms with Gasteiger partial charge in [0.25, 0.3) is 5.91 Å². The van der Waals surface area contributed by atoms with Gasteiger partial charge >= 0.3 is 6.36 Å². The number of carbonyl (C=O) groups excluding carboxylic acids is 1. The first-order valence-corrected chi connectivity index (χ1v) is 11.6. The van der Waals surface area contributed by atoms with E-state index in [0.29, 0.717) is 28.8 Å². The molecule has 180 valence electrons. The average Bonchev–Trinajstić information content (AvgIpc) is 3.20. The molecule has 4 rings (SSSR count). The topological polar surface area (TPSA) is 54.1 Å². The number of ether oxygens (including phenoxy) is 1. The van der Waals surface area contributed by atoms with Gasteiger partial charge in [0.15, 0.2) is 0 Å². The molecule has 4 nitrogen and oxygen atoms in total. The van der Waals surface area contributed by atoms with Crippen LogP contribution in [0.3, 0.4) is 0 Å². The highest BCUT2D eigenvalue weighted by Crippen LogP contribution is 2.38. The third kappa shape index (κ3) is 5.64. The Morgan fingerprint density at radius 3 is 2.35 bits per heavy atom. The zero-order valence-electron chi connectivity index (χ0n) is 19.3. The molecule has 1 saturated carbocycles.